The van der Waals surface area contributed by atoms with E-state index in [1.54, 1.807) is 11.3 Å². The fourth-order valence-corrected chi connectivity index (χ4v) is 3.29. The second kappa shape index (κ2) is 5.53. The molecule has 3 aromatic rings. The van der Waals surface area contributed by atoms with Crippen LogP contribution in [0.4, 0.5) is 5.69 Å². The van der Waals surface area contributed by atoms with E-state index in [4.69, 9.17) is 11.6 Å². The molecule has 2 heterocycles. The largest absolute Gasteiger partial charge is 0.398 e. The van der Waals surface area contributed by atoms with E-state index in [9.17, 15) is 0 Å². The number of nitrogen functional groups attached to an aromatic ring is 1. The summed E-state index contributed by atoms with van der Waals surface area (Å²) in [5, 5.41) is 2.01. The molecule has 2 aromatic heterocycles. The molecule has 5 nitrogen and oxygen atoms in total. The molecule has 0 radical (unpaired) electrons. The lowest BCUT2D eigenvalue weighted by Crippen LogP contribution is -2.30. The maximum Gasteiger partial charge on any atom is 0.193 e. The van der Waals surface area contributed by atoms with E-state index in [-0.39, 0.29) is 6.04 Å². The van der Waals surface area contributed by atoms with Crippen LogP contribution in [0.5, 0.6) is 0 Å². The molecule has 0 amide bonds. The predicted octanol–water partition coefficient (Wildman–Crippen LogP) is 2.49. The number of halogens is 1. The Labute approximate surface area is 128 Å². The van der Waals surface area contributed by atoms with Gasteiger partial charge in [0.05, 0.1) is 11.7 Å². The number of hydrogen-bond donors (Lipinski definition) is 3. The highest BCUT2D eigenvalue weighted by atomic mass is 79.9. The number of nitrogens with zero attached hydrogens (tertiary/aromatic N) is 2. The molecule has 0 bridgehead atoms. The van der Waals surface area contributed by atoms with E-state index in [1.807, 2.05) is 40.4 Å². The van der Waals surface area contributed by atoms with Crippen molar-refractivity contribution in [3.63, 3.8) is 0 Å². The average molecular weight is 352 g/mol. The Morgan fingerprint density at radius 2 is 2.30 bits per heavy atom. The third kappa shape index (κ3) is 2.57. The van der Waals surface area contributed by atoms with Crippen LogP contribution in [0.15, 0.2) is 40.4 Å². The topological polar surface area (TPSA) is 81.4 Å². The Balaban J connectivity index is 1.89. The molecule has 20 heavy (non-hydrogen) atoms. The lowest BCUT2D eigenvalue weighted by Gasteiger charge is -2.17. The van der Waals surface area contributed by atoms with Gasteiger partial charge >= 0.3 is 0 Å². The monoisotopic (exact) mass is 351 g/mol. The molecule has 0 aliphatic heterocycles. The number of nitrogens with two attached hydrogens (primary N) is 2. The van der Waals surface area contributed by atoms with Crippen LogP contribution >= 0.6 is 27.3 Å². The third-order valence-corrected chi connectivity index (χ3v) is 4.45. The molecule has 3 rings (SSSR count). The van der Waals surface area contributed by atoms with Gasteiger partial charge in [-0.1, -0.05) is 15.9 Å². The predicted molar refractivity (Wildman–Crippen MR) is 85.4 cm³/mol. The first-order chi connectivity index (χ1) is 9.67. The van der Waals surface area contributed by atoms with Crippen molar-refractivity contribution in [1.82, 2.24) is 14.8 Å². The van der Waals surface area contributed by atoms with Crippen molar-refractivity contribution in [2.24, 2.45) is 5.84 Å². The Morgan fingerprint density at radius 3 is 3.05 bits per heavy atom. The summed E-state index contributed by atoms with van der Waals surface area (Å²) in [4.78, 5) is 5.56. The second-order valence-electron chi connectivity index (χ2n) is 4.52. The quantitative estimate of drug-likeness (QED) is 0.383. The highest BCUT2D eigenvalue weighted by Crippen LogP contribution is 2.27. The number of hydrazine groups is 1. The van der Waals surface area contributed by atoms with Crippen LogP contribution < -0.4 is 17.0 Å². The summed E-state index contributed by atoms with van der Waals surface area (Å²) >= 11 is 5.07. The fourth-order valence-electron chi connectivity index (χ4n) is 2.19. The van der Waals surface area contributed by atoms with Crippen molar-refractivity contribution in [3.05, 3.63) is 51.7 Å². The summed E-state index contributed by atoms with van der Waals surface area (Å²) in [6, 6.07) is 5.70. The molecular formula is C13H14BrN5S. The minimum atomic E-state index is -0.0721. The maximum atomic E-state index is 6.03. The lowest BCUT2D eigenvalue weighted by atomic mass is 10.0. The SMILES string of the molecule is NNC(Cc1cn2ccsc2n1)c1cc(Br)ccc1N. The summed E-state index contributed by atoms with van der Waals surface area (Å²) in [5.74, 6) is 5.69. The standard InChI is InChI=1S/C13H14BrN5S/c14-8-1-2-11(15)10(5-8)12(18-16)6-9-7-19-3-4-20-13(19)17-9/h1-5,7,12,18H,6,15-16H2. The zero-order valence-electron chi connectivity index (χ0n) is 10.6. The van der Waals surface area contributed by atoms with Crippen LogP contribution in [0.25, 0.3) is 4.96 Å². The molecule has 0 saturated carbocycles. The van der Waals surface area contributed by atoms with Crippen LogP contribution in [-0.4, -0.2) is 9.38 Å². The van der Waals surface area contributed by atoms with Gasteiger partial charge in [0.25, 0.3) is 0 Å². The molecule has 104 valence electrons. The van der Waals surface area contributed by atoms with Gasteiger partial charge in [-0.05, 0) is 23.8 Å². The van der Waals surface area contributed by atoms with E-state index in [2.05, 4.69) is 26.3 Å². The molecule has 1 unspecified atom stereocenters. The number of benzene rings is 1. The van der Waals surface area contributed by atoms with Crippen molar-refractivity contribution in [2.75, 3.05) is 5.73 Å². The number of anilines is 1. The molecule has 1 atom stereocenters. The van der Waals surface area contributed by atoms with Gasteiger partial charge in [0.15, 0.2) is 4.96 Å². The average Bonchev–Trinajstić information content (AvgIpc) is 3.00. The van der Waals surface area contributed by atoms with Gasteiger partial charge in [0.2, 0.25) is 0 Å². The molecule has 0 aliphatic carbocycles. The first-order valence-corrected chi connectivity index (χ1v) is 7.77. The summed E-state index contributed by atoms with van der Waals surface area (Å²) in [6.07, 6.45) is 4.70. The van der Waals surface area contributed by atoms with E-state index in [0.29, 0.717) is 6.42 Å². The van der Waals surface area contributed by atoms with E-state index in [1.165, 1.54) is 0 Å². The molecule has 0 aliphatic rings. The smallest absolute Gasteiger partial charge is 0.193 e. The Hall–Kier alpha value is -1.41. The number of thiazole rings is 1. The van der Waals surface area contributed by atoms with Crippen LogP contribution in [-0.2, 0) is 6.42 Å². The molecule has 0 saturated heterocycles. The summed E-state index contributed by atoms with van der Waals surface area (Å²) < 4.78 is 2.99. The van der Waals surface area contributed by atoms with E-state index in [0.717, 1.165) is 26.4 Å². The van der Waals surface area contributed by atoms with Gasteiger partial charge in [0, 0.05) is 34.4 Å². The summed E-state index contributed by atoms with van der Waals surface area (Å²) in [7, 11) is 0. The van der Waals surface area contributed by atoms with Crippen molar-refractivity contribution in [2.45, 2.75) is 12.5 Å². The molecule has 5 N–H and O–H groups in total. The zero-order chi connectivity index (χ0) is 14.1. The Morgan fingerprint density at radius 1 is 1.45 bits per heavy atom. The molecule has 0 spiro atoms. The minimum absolute atomic E-state index is 0.0721. The first kappa shape index (κ1) is 13.6. The van der Waals surface area contributed by atoms with Crippen molar-refractivity contribution in [1.29, 1.82) is 0 Å². The van der Waals surface area contributed by atoms with E-state index >= 15 is 0 Å². The van der Waals surface area contributed by atoms with Gasteiger partial charge in [0.1, 0.15) is 0 Å². The van der Waals surface area contributed by atoms with Gasteiger partial charge in [-0.2, -0.15) is 0 Å². The Bertz CT molecular complexity index is 707. The van der Waals surface area contributed by atoms with Crippen LogP contribution in [0.2, 0.25) is 0 Å². The first-order valence-electron chi connectivity index (χ1n) is 6.09. The van der Waals surface area contributed by atoms with Gasteiger partial charge in [-0.15, -0.1) is 11.3 Å². The van der Waals surface area contributed by atoms with Crippen LogP contribution in [0, 0.1) is 0 Å². The summed E-state index contributed by atoms with van der Waals surface area (Å²) in [5.41, 5.74) is 11.5. The van der Waals surface area contributed by atoms with Crippen molar-refractivity contribution in [3.8, 4) is 0 Å². The highest BCUT2D eigenvalue weighted by molar-refractivity contribution is 9.10. The lowest BCUT2D eigenvalue weighted by molar-refractivity contribution is 0.548. The number of nitrogens with one attached hydrogen (secondary N) is 1. The summed E-state index contributed by atoms with van der Waals surface area (Å²) in [6.45, 7) is 0. The number of aromatic nitrogens is 2. The van der Waals surface area contributed by atoms with Crippen LogP contribution in [0.3, 0.4) is 0 Å². The van der Waals surface area contributed by atoms with E-state index < -0.39 is 0 Å². The molecule has 7 heteroatoms. The van der Waals surface area contributed by atoms with Gasteiger partial charge in [-0.3, -0.25) is 15.7 Å². The van der Waals surface area contributed by atoms with Gasteiger partial charge in [-0.25, -0.2) is 4.98 Å². The minimum Gasteiger partial charge on any atom is -0.398 e. The third-order valence-electron chi connectivity index (χ3n) is 3.18. The number of fused-ring (bicyclic) bond motifs is 1. The zero-order valence-corrected chi connectivity index (χ0v) is 13.0. The molecule has 0 fully saturated rings. The molecular weight excluding hydrogens is 338 g/mol. The fraction of sp³-hybridized carbons (Fsp3) is 0.154. The molecule has 1 aromatic carbocycles. The van der Waals surface area contributed by atoms with Gasteiger partial charge < -0.3 is 5.73 Å². The van der Waals surface area contributed by atoms with Crippen LogP contribution in [0.1, 0.15) is 17.3 Å². The van der Waals surface area contributed by atoms with Crippen molar-refractivity contribution >= 4 is 37.9 Å². The van der Waals surface area contributed by atoms with Crippen molar-refractivity contribution < 1.29 is 0 Å². The Kier molecular flexibility index (Phi) is 3.75. The maximum absolute atomic E-state index is 6.03. The highest BCUT2D eigenvalue weighted by Gasteiger charge is 2.16. The second-order valence-corrected chi connectivity index (χ2v) is 6.31. The number of hydrogen-bond acceptors (Lipinski definition) is 5. The normalized spacial score (nSPS) is 12.9. The number of rotatable bonds is 4. The number of imidazole rings is 1.